The molecular weight excluding hydrogens is 152 g/mol. The van der Waals surface area contributed by atoms with Gasteiger partial charge in [0.1, 0.15) is 5.92 Å². The van der Waals surface area contributed by atoms with Gasteiger partial charge in [-0.1, -0.05) is 12.3 Å². The highest BCUT2D eigenvalue weighted by molar-refractivity contribution is 5.73. The molecule has 0 aliphatic heterocycles. The Labute approximate surface area is 73.0 Å². The summed E-state index contributed by atoms with van der Waals surface area (Å²) in [7, 11) is 0. The van der Waals surface area contributed by atoms with Crippen LogP contribution < -0.4 is 0 Å². The number of hydrogen-bond donors (Lipinski definition) is 1. The van der Waals surface area contributed by atoms with Crippen molar-refractivity contribution >= 4 is 5.97 Å². The third kappa shape index (κ3) is 4.41. The van der Waals surface area contributed by atoms with Crippen molar-refractivity contribution in [3.05, 3.63) is 0 Å². The van der Waals surface area contributed by atoms with E-state index >= 15 is 0 Å². The summed E-state index contributed by atoms with van der Waals surface area (Å²) in [5.41, 5.74) is 0. The molecule has 0 saturated carbocycles. The number of terminal acetylenes is 2. The van der Waals surface area contributed by atoms with Gasteiger partial charge in [-0.05, 0) is 12.8 Å². The first kappa shape index (κ1) is 10.6. The van der Waals surface area contributed by atoms with Gasteiger partial charge in [0.2, 0.25) is 0 Å². The predicted octanol–water partition coefficient (Wildman–Crippen LogP) is 1.51. The summed E-state index contributed by atoms with van der Waals surface area (Å²) in [5, 5.41) is 8.55. The molecule has 0 heterocycles. The van der Waals surface area contributed by atoms with Crippen LogP contribution in [-0.2, 0) is 4.79 Å². The first-order chi connectivity index (χ1) is 5.72. The van der Waals surface area contributed by atoms with Gasteiger partial charge >= 0.3 is 5.97 Å². The van der Waals surface area contributed by atoms with Crippen molar-refractivity contribution in [3.63, 3.8) is 0 Å². The predicted molar refractivity (Wildman–Crippen MR) is 47.3 cm³/mol. The molecule has 0 saturated heterocycles. The molecule has 64 valence electrons. The smallest absolute Gasteiger partial charge is 0.318 e. The second-order valence-electron chi connectivity index (χ2n) is 2.51. The van der Waals surface area contributed by atoms with Crippen LogP contribution in [0.2, 0.25) is 0 Å². The molecule has 0 aliphatic carbocycles. The zero-order valence-electron chi connectivity index (χ0n) is 6.92. The van der Waals surface area contributed by atoms with E-state index in [1.807, 2.05) is 0 Å². The highest BCUT2D eigenvalue weighted by atomic mass is 16.4. The Morgan fingerprint density at radius 3 is 2.50 bits per heavy atom. The van der Waals surface area contributed by atoms with Gasteiger partial charge in [0.05, 0.1) is 0 Å². The fourth-order valence-corrected chi connectivity index (χ4v) is 0.854. The van der Waals surface area contributed by atoms with Crippen molar-refractivity contribution in [2.24, 2.45) is 5.92 Å². The molecule has 2 heteroatoms. The molecule has 2 nitrogen and oxygen atoms in total. The lowest BCUT2D eigenvalue weighted by Gasteiger charge is -2.02. The molecule has 12 heavy (non-hydrogen) atoms. The van der Waals surface area contributed by atoms with E-state index in [9.17, 15) is 4.79 Å². The third-order valence-corrected chi connectivity index (χ3v) is 1.56. The average molecular weight is 164 g/mol. The number of hydrogen-bond acceptors (Lipinski definition) is 1. The maximum absolute atomic E-state index is 10.4. The van der Waals surface area contributed by atoms with Crippen LogP contribution >= 0.6 is 0 Å². The van der Waals surface area contributed by atoms with Crippen LogP contribution in [-0.4, -0.2) is 11.1 Å². The molecular formula is C10H12O2. The van der Waals surface area contributed by atoms with E-state index in [0.717, 1.165) is 12.8 Å². The van der Waals surface area contributed by atoms with E-state index in [1.54, 1.807) is 0 Å². The van der Waals surface area contributed by atoms with E-state index in [0.29, 0.717) is 12.8 Å². The van der Waals surface area contributed by atoms with E-state index in [1.165, 1.54) is 0 Å². The molecule has 0 amide bonds. The summed E-state index contributed by atoms with van der Waals surface area (Å²) < 4.78 is 0. The maximum Gasteiger partial charge on any atom is 0.318 e. The Morgan fingerprint density at radius 2 is 2.08 bits per heavy atom. The van der Waals surface area contributed by atoms with Crippen LogP contribution in [0.3, 0.4) is 0 Å². The molecule has 0 aliphatic rings. The maximum atomic E-state index is 10.4. The lowest BCUT2D eigenvalue weighted by molar-refractivity contribution is -0.139. The van der Waals surface area contributed by atoms with Crippen LogP contribution in [0.4, 0.5) is 0 Å². The number of carbonyl (C=O) groups is 1. The first-order valence-corrected chi connectivity index (χ1v) is 3.84. The molecule has 1 atom stereocenters. The number of aliphatic carboxylic acids is 1. The van der Waals surface area contributed by atoms with Crippen LogP contribution in [0.15, 0.2) is 0 Å². The molecule has 0 aromatic carbocycles. The second-order valence-corrected chi connectivity index (χ2v) is 2.51. The molecule has 0 unspecified atom stereocenters. The summed E-state index contributed by atoms with van der Waals surface area (Å²) in [6, 6.07) is 0. The zero-order chi connectivity index (χ0) is 9.40. The fraction of sp³-hybridized carbons (Fsp3) is 0.500. The van der Waals surface area contributed by atoms with E-state index in [2.05, 4.69) is 11.8 Å². The Hall–Kier alpha value is -1.41. The molecule has 0 aromatic rings. The number of rotatable bonds is 5. The number of unbranched alkanes of at least 4 members (excludes halogenated alkanes) is 2. The number of carboxylic acids is 1. The van der Waals surface area contributed by atoms with Gasteiger partial charge < -0.3 is 5.11 Å². The lowest BCUT2D eigenvalue weighted by atomic mass is 10.0. The van der Waals surface area contributed by atoms with Crippen molar-refractivity contribution < 1.29 is 9.90 Å². The van der Waals surface area contributed by atoms with Crippen LogP contribution in [0, 0.1) is 30.6 Å². The fourth-order valence-electron chi connectivity index (χ4n) is 0.854. The highest BCUT2D eigenvalue weighted by Crippen LogP contribution is 2.08. The van der Waals surface area contributed by atoms with Gasteiger partial charge in [-0.2, -0.15) is 0 Å². The summed E-state index contributed by atoms with van der Waals surface area (Å²) in [6.07, 6.45) is 12.9. The monoisotopic (exact) mass is 164 g/mol. The highest BCUT2D eigenvalue weighted by Gasteiger charge is 2.12. The normalized spacial score (nSPS) is 11.2. The van der Waals surface area contributed by atoms with Crippen molar-refractivity contribution in [1.82, 2.24) is 0 Å². The Kier molecular flexibility index (Phi) is 5.57. The van der Waals surface area contributed by atoms with E-state index in [4.69, 9.17) is 18.0 Å². The molecule has 0 fully saturated rings. The van der Waals surface area contributed by atoms with Crippen LogP contribution in [0.5, 0.6) is 0 Å². The quantitative estimate of drug-likeness (QED) is 0.494. The van der Waals surface area contributed by atoms with Crippen LogP contribution in [0.25, 0.3) is 0 Å². The van der Waals surface area contributed by atoms with Gasteiger partial charge in [-0.25, -0.2) is 0 Å². The second kappa shape index (κ2) is 6.31. The van der Waals surface area contributed by atoms with Crippen molar-refractivity contribution in [2.45, 2.75) is 25.7 Å². The molecule has 0 rings (SSSR count). The summed E-state index contributed by atoms with van der Waals surface area (Å²) >= 11 is 0. The number of carboxylic acid groups (broad SMARTS) is 1. The SMILES string of the molecule is C#CCCCC[C@H](C#C)C(=O)O. The Bertz CT molecular complexity index is 217. The average Bonchev–Trinajstić information content (AvgIpc) is 2.04. The van der Waals surface area contributed by atoms with Gasteiger partial charge in [-0.15, -0.1) is 18.8 Å². The molecule has 0 spiro atoms. The lowest BCUT2D eigenvalue weighted by Crippen LogP contribution is -2.10. The van der Waals surface area contributed by atoms with Crippen LogP contribution in [0.1, 0.15) is 25.7 Å². The van der Waals surface area contributed by atoms with Gasteiger partial charge in [0.25, 0.3) is 0 Å². The minimum absolute atomic E-state index is 0.521. The largest absolute Gasteiger partial charge is 0.480 e. The van der Waals surface area contributed by atoms with Gasteiger partial charge in [0, 0.05) is 6.42 Å². The molecule has 0 radical (unpaired) electrons. The molecule has 0 bridgehead atoms. The minimum Gasteiger partial charge on any atom is -0.480 e. The first-order valence-electron chi connectivity index (χ1n) is 3.84. The standard InChI is InChI=1S/C10H12O2/c1-3-5-6-7-8-9(4-2)10(11)12/h1-2,9H,5-8H2,(H,11,12)/t9-/m0/s1. The summed E-state index contributed by atoms with van der Waals surface area (Å²) in [5.74, 6) is 3.15. The molecule has 0 aromatic heterocycles. The summed E-state index contributed by atoms with van der Waals surface area (Å²) in [6.45, 7) is 0. The van der Waals surface area contributed by atoms with Gasteiger partial charge in [0.15, 0.2) is 0 Å². The summed E-state index contributed by atoms with van der Waals surface area (Å²) in [4.78, 5) is 10.4. The Balaban J connectivity index is 3.56. The van der Waals surface area contributed by atoms with Crippen molar-refractivity contribution in [2.75, 3.05) is 0 Å². The van der Waals surface area contributed by atoms with E-state index in [-0.39, 0.29) is 0 Å². The minimum atomic E-state index is -0.918. The van der Waals surface area contributed by atoms with Gasteiger partial charge in [-0.3, -0.25) is 4.79 Å². The topological polar surface area (TPSA) is 37.3 Å². The zero-order valence-corrected chi connectivity index (χ0v) is 6.92. The Morgan fingerprint density at radius 1 is 1.42 bits per heavy atom. The third-order valence-electron chi connectivity index (χ3n) is 1.56. The van der Waals surface area contributed by atoms with E-state index < -0.39 is 11.9 Å². The molecule has 1 N–H and O–H groups in total. The van der Waals surface area contributed by atoms with Crippen molar-refractivity contribution in [3.8, 4) is 24.7 Å². The van der Waals surface area contributed by atoms with Crippen molar-refractivity contribution in [1.29, 1.82) is 0 Å².